The average molecular weight is 352 g/mol. The van der Waals surface area contributed by atoms with Crippen LogP contribution in [-0.4, -0.2) is 19.2 Å². The Bertz CT molecular complexity index is 794. The highest BCUT2D eigenvalue weighted by Crippen LogP contribution is 2.25. The molecule has 2 amide bonds. The molecular formula is C18H19F3N2O2. The minimum Gasteiger partial charge on any atom is -0.491 e. The van der Waals surface area contributed by atoms with Crippen LogP contribution in [0.4, 0.5) is 23.7 Å². The number of amides is 2. The van der Waals surface area contributed by atoms with E-state index in [-0.39, 0.29) is 13.2 Å². The molecule has 2 N–H and O–H groups in total. The second-order valence-electron chi connectivity index (χ2n) is 5.61. The van der Waals surface area contributed by atoms with Gasteiger partial charge in [-0.15, -0.1) is 0 Å². The molecule has 7 heteroatoms. The molecule has 4 nitrogen and oxygen atoms in total. The Morgan fingerprint density at radius 1 is 1.00 bits per heavy atom. The van der Waals surface area contributed by atoms with Gasteiger partial charge in [0, 0.05) is 0 Å². The van der Waals surface area contributed by atoms with Crippen LogP contribution < -0.4 is 15.4 Å². The number of carbonyl (C=O) groups excluding carboxylic acids is 1. The first-order chi connectivity index (χ1) is 11.8. The van der Waals surface area contributed by atoms with E-state index in [2.05, 4.69) is 10.6 Å². The van der Waals surface area contributed by atoms with Crippen LogP contribution in [0.15, 0.2) is 24.3 Å². The van der Waals surface area contributed by atoms with Gasteiger partial charge in [0.15, 0.2) is 17.5 Å². The van der Waals surface area contributed by atoms with E-state index in [1.165, 1.54) is 0 Å². The third kappa shape index (κ3) is 4.43. The zero-order valence-corrected chi connectivity index (χ0v) is 14.2. The Kier molecular flexibility index (Phi) is 5.90. The maximum absolute atomic E-state index is 13.5. The molecule has 134 valence electrons. The quantitative estimate of drug-likeness (QED) is 0.625. The Morgan fingerprint density at radius 3 is 2.40 bits per heavy atom. The van der Waals surface area contributed by atoms with Crippen molar-refractivity contribution in [1.82, 2.24) is 5.32 Å². The summed E-state index contributed by atoms with van der Waals surface area (Å²) in [6, 6.07) is 4.89. The van der Waals surface area contributed by atoms with Gasteiger partial charge in [0.25, 0.3) is 0 Å². The summed E-state index contributed by atoms with van der Waals surface area (Å²) in [6.07, 6.45) is 0. The SMILES string of the molecule is Cc1ccc(C)c(OCCNC(=O)Nc2ccc(F)c(F)c2F)c1C. The molecule has 0 aliphatic rings. The van der Waals surface area contributed by atoms with E-state index in [0.717, 1.165) is 34.6 Å². The van der Waals surface area contributed by atoms with Gasteiger partial charge in [-0.3, -0.25) is 0 Å². The van der Waals surface area contributed by atoms with Gasteiger partial charge in [0.1, 0.15) is 12.4 Å². The molecule has 0 saturated carbocycles. The Labute approximate surface area is 144 Å². The molecule has 2 aromatic rings. The molecule has 2 aromatic carbocycles. The number of hydrogen-bond donors (Lipinski definition) is 2. The lowest BCUT2D eigenvalue weighted by Crippen LogP contribution is -2.32. The predicted molar refractivity (Wildman–Crippen MR) is 89.5 cm³/mol. The molecule has 0 aromatic heterocycles. The van der Waals surface area contributed by atoms with Crippen LogP contribution in [0.25, 0.3) is 0 Å². The molecular weight excluding hydrogens is 333 g/mol. The van der Waals surface area contributed by atoms with E-state index in [9.17, 15) is 18.0 Å². The summed E-state index contributed by atoms with van der Waals surface area (Å²) >= 11 is 0. The number of aryl methyl sites for hydroxylation is 2. The van der Waals surface area contributed by atoms with Crippen molar-refractivity contribution in [3.63, 3.8) is 0 Å². The number of ether oxygens (including phenoxy) is 1. The van der Waals surface area contributed by atoms with Crippen LogP contribution in [0.3, 0.4) is 0 Å². The molecule has 2 rings (SSSR count). The van der Waals surface area contributed by atoms with Crippen molar-refractivity contribution in [2.75, 3.05) is 18.5 Å². The highest BCUT2D eigenvalue weighted by atomic mass is 19.2. The third-order valence-corrected chi connectivity index (χ3v) is 3.79. The first-order valence-electron chi connectivity index (χ1n) is 7.69. The van der Waals surface area contributed by atoms with Gasteiger partial charge < -0.3 is 15.4 Å². The maximum Gasteiger partial charge on any atom is 0.319 e. The lowest BCUT2D eigenvalue weighted by Gasteiger charge is -2.14. The fourth-order valence-corrected chi connectivity index (χ4v) is 2.25. The number of anilines is 1. The molecule has 0 spiro atoms. The van der Waals surface area contributed by atoms with Gasteiger partial charge in [0.05, 0.1) is 12.2 Å². The van der Waals surface area contributed by atoms with Crippen molar-refractivity contribution < 1.29 is 22.7 Å². The topological polar surface area (TPSA) is 50.4 Å². The number of hydrogen-bond acceptors (Lipinski definition) is 2. The monoisotopic (exact) mass is 352 g/mol. The molecule has 0 atom stereocenters. The molecule has 0 bridgehead atoms. The summed E-state index contributed by atoms with van der Waals surface area (Å²) in [7, 11) is 0. The van der Waals surface area contributed by atoms with Crippen LogP contribution in [0, 0.1) is 38.2 Å². The first-order valence-corrected chi connectivity index (χ1v) is 7.69. The standard InChI is InChI=1S/C18H19F3N2O2/c1-10-4-5-11(2)17(12(10)3)25-9-8-22-18(24)23-14-7-6-13(19)15(20)16(14)21/h4-7H,8-9H2,1-3H3,(H2,22,23,24). The normalized spacial score (nSPS) is 10.5. The van der Waals surface area contributed by atoms with Gasteiger partial charge in [-0.2, -0.15) is 0 Å². The van der Waals surface area contributed by atoms with Crippen LogP contribution in [0.1, 0.15) is 16.7 Å². The summed E-state index contributed by atoms with van der Waals surface area (Å²) in [4.78, 5) is 11.7. The van der Waals surface area contributed by atoms with Gasteiger partial charge in [0.2, 0.25) is 0 Å². The Morgan fingerprint density at radius 2 is 1.68 bits per heavy atom. The van der Waals surface area contributed by atoms with Gasteiger partial charge in [-0.25, -0.2) is 18.0 Å². The maximum atomic E-state index is 13.5. The zero-order chi connectivity index (χ0) is 18.6. The third-order valence-electron chi connectivity index (χ3n) is 3.79. The summed E-state index contributed by atoms with van der Waals surface area (Å²) < 4.78 is 45.1. The highest BCUT2D eigenvalue weighted by molar-refractivity contribution is 5.89. The van der Waals surface area contributed by atoms with Crippen LogP contribution >= 0.6 is 0 Å². The number of benzene rings is 2. The molecule has 25 heavy (non-hydrogen) atoms. The zero-order valence-electron chi connectivity index (χ0n) is 14.2. The smallest absolute Gasteiger partial charge is 0.319 e. The van der Waals surface area contributed by atoms with E-state index in [0.29, 0.717) is 0 Å². The van der Waals surface area contributed by atoms with Crippen molar-refractivity contribution in [2.24, 2.45) is 0 Å². The molecule has 0 aliphatic heterocycles. The minimum atomic E-state index is -1.63. The minimum absolute atomic E-state index is 0.157. The van der Waals surface area contributed by atoms with Crippen molar-refractivity contribution in [3.05, 3.63) is 58.4 Å². The summed E-state index contributed by atoms with van der Waals surface area (Å²) in [6.45, 7) is 6.21. The van der Waals surface area contributed by atoms with Crippen molar-refractivity contribution in [3.8, 4) is 5.75 Å². The fourth-order valence-electron chi connectivity index (χ4n) is 2.25. The van der Waals surface area contributed by atoms with Gasteiger partial charge in [-0.05, 0) is 49.6 Å². The average Bonchev–Trinajstić information content (AvgIpc) is 2.58. The van der Waals surface area contributed by atoms with E-state index in [1.807, 2.05) is 32.9 Å². The van der Waals surface area contributed by atoms with Gasteiger partial charge >= 0.3 is 6.03 Å². The highest BCUT2D eigenvalue weighted by Gasteiger charge is 2.15. The molecule has 0 saturated heterocycles. The molecule has 0 unspecified atom stereocenters. The number of halogens is 3. The van der Waals surface area contributed by atoms with E-state index < -0.39 is 29.2 Å². The molecule has 0 radical (unpaired) electrons. The number of rotatable bonds is 5. The molecule has 0 heterocycles. The summed E-state index contributed by atoms with van der Waals surface area (Å²) in [5.41, 5.74) is 2.66. The van der Waals surface area contributed by atoms with Crippen LogP contribution in [-0.2, 0) is 0 Å². The van der Waals surface area contributed by atoms with E-state index in [1.54, 1.807) is 0 Å². The first kappa shape index (κ1) is 18.6. The van der Waals surface area contributed by atoms with Gasteiger partial charge in [-0.1, -0.05) is 12.1 Å². The van der Waals surface area contributed by atoms with Crippen molar-refractivity contribution in [1.29, 1.82) is 0 Å². The largest absolute Gasteiger partial charge is 0.491 e. The van der Waals surface area contributed by atoms with Crippen molar-refractivity contribution >= 4 is 11.7 Å². The number of carbonyl (C=O) groups is 1. The molecule has 0 fully saturated rings. The lowest BCUT2D eigenvalue weighted by molar-refractivity contribution is 0.247. The number of urea groups is 1. The van der Waals surface area contributed by atoms with Crippen LogP contribution in [0.2, 0.25) is 0 Å². The Hall–Kier alpha value is -2.70. The Balaban J connectivity index is 1.86. The fraction of sp³-hybridized carbons (Fsp3) is 0.278. The van der Waals surface area contributed by atoms with E-state index >= 15 is 0 Å². The predicted octanol–water partition coefficient (Wildman–Crippen LogP) is 4.23. The second kappa shape index (κ2) is 7.92. The second-order valence-corrected chi connectivity index (χ2v) is 5.61. The number of nitrogens with one attached hydrogen (secondary N) is 2. The molecule has 0 aliphatic carbocycles. The van der Waals surface area contributed by atoms with Crippen LogP contribution in [0.5, 0.6) is 5.75 Å². The summed E-state index contributed by atoms with van der Waals surface area (Å²) in [5, 5.41) is 4.58. The summed E-state index contributed by atoms with van der Waals surface area (Å²) in [5.74, 6) is -3.64. The van der Waals surface area contributed by atoms with Crippen molar-refractivity contribution in [2.45, 2.75) is 20.8 Å². The lowest BCUT2D eigenvalue weighted by atomic mass is 10.1. The van der Waals surface area contributed by atoms with E-state index in [4.69, 9.17) is 4.74 Å².